The fourth-order valence-corrected chi connectivity index (χ4v) is 1.51. The van der Waals surface area contributed by atoms with Crippen molar-refractivity contribution in [2.24, 2.45) is 0 Å². The van der Waals surface area contributed by atoms with Crippen LogP contribution in [0.25, 0.3) is 0 Å². The van der Waals surface area contributed by atoms with Crippen LogP contribution in [-0.2, 0) is 9.53 Å². The number of benzene rings is 1. The van der Waals surface area contributed by atoms with Crippen LogP contribution in [0.3, 0.4) is 0 Å². The molecule has 3 N–H and O–H groups in total. The average Bonchev–Trinajstić information content (AvgIpc) is 2.31. The van der Waals surface area contributed by atoms with E-state index in [4.69, 9.17) is 22.1 Å². The third kappa shape index (κ3) is 4.91. The van der Waals surface area contributed by atoms with Crippen LogP contribution < -0.4 is 11.1 Å². The van der Waals surface area contributed by atoms with Gasteiger partial charge in [0.15, 0.2) is 0 Å². The van der Waals surface area contributed by atoms with Gasteiger partial charge in [0.25, 0.3) is 0 Å². The number of carbonyl (C=O) groups is 1. The van der Waals surface area contributed by atoms with Crippen LogP contribution >= 0.6 is 11.6 Å². The fraction of sp³-hybridized carbons (Fsp3) is 0.417. The second-order valence-electron chi connectivity index (χ2n) is 4.02. The SMILES string of the molecule is COCCN(C)CC(=O)Nc1ccc(Cl)c(N)c1. The Bertz CT molecular complexity index is 412. The summed E-state index contributed by atoms with van der Waals surface area (Å²) in [4.78, 5) is 13.6. The van der Waals surface area contributed by atoms with Crippen LogP contribution in [0, 0.1) is 0 Å². The molecule has 0 saturated carbocycles. The molecule has 5 nitrogen and oxygen atoms in total. The van der Waals surface area contributed by atoms with Crippen LogP contribution in [-0.4, -0.2) is 44.7 Å². The lowest BCUT2D eigenvalue weighted by molar-refractivity contribution is -0.117. The van der Waals surface area contributed by atoms with Crippen LogP contribution in [0.4, 0.5) is 11.4 Å². The zero-order valence-corrected chi connectivity index (χ0v) is 11.3. The maximum Gasteiger partial charge on any atom is 0.238 e. The highest BCUT2D eigenvalue weighted by Crippen LogP contribution is 2.22. The number of nitrogen functional groups attached to an aromatic ring is 1. The number of ether oxygens (including phenoxy) is 1. The van der Waals surface area contributed by atoms with Gasteiger partial charge in [-0.1, -0.05) is 11.6 Å². The summed E-state index contributed by atoms with van der Waals surface area (Å²) >= 11 is 5.80. The molecule has 18 heavy (non-hydrogen) atoms. The molecule has 0 radical (unpaired) electrons. The average molecular weight is 272 g/mol. The molecule has 1 aromatic carbocycles. The minimum Gasteiger partial charge on any atom is -0.397 e. The maximum atomic E-state index is 11.7. The molecule has 0 saturated heterocycles. The third-order valence-corrected chi connectivity index (χ3v) is 2.71. The van der Waals surface area contributed by atoms with Gasteiger partial charge in [-0.3, -0.25) is 9.69 Å². The van der Waals surface area contributed by atoms with Gasteiger partial charge < -0.3 is 15.8 Å². The highest BCUT2D eigenvalue weighted by atomic mass is 35.5. The van der Waals surface area contributed by atoms with E-state index in [9.17, 15) is 4.79 Å². The molecule has 0 fully saturated rings. The molecule has 0 aliphatic heterocycles. The molecular formula is C12H18ClN3O2. The minimum absolute atomic E-state index is 0.102. The zero-order chi connectivity index (χ0) is 13.5. The summed E-state index contributed by atoms with van der Waals surface area (Å²) < 4.78 is 4.94. The van der Waals surface area contributed by atoms with E-state index in [0.717, 1.165) is 0 Å². The number of amides is 1. The number of anilines is 2. The molecule has 6 heteroatoms. The van der Waals surface area contributed by atoms with E-state index in [1.54, 1.807) is 25.3 Å². The Labute approximate surface area is 112 Å². The number of carbonyl (C=O) groups excluding carboxylic acids is 1. The molecule has 0 aromatic heterocycles. The number of rotatable bonds is 6. The Morgan fingerprint density at radius 1 is 1.56 bits per heavy atom. The number of nitrogens with one attached hydrogen (secondary N) is 1. The van der Waals surface area contributed by atoms with Crippen molar-refractivity contribution < 1.29 is 9.53 Å². The summed E-state index contributed by atoms with van der Waals surface area (Å²) in [6, 6.07) is 5.00. The number of likely N-dealkylation sites (N-methyl/N-ethyl adjacent to an activating group) is 1. The van der Waals surface area contributed by atoms with Crippen molar-refractivity contribution in [2.75, 3.05) is 44.9 Å². The van der Waals surface area contributed by atoms with Gasteiger partial charge in [0.1, 0.15) is 0 Å². The lowest BCUT2D eigenvalue weighted by Crippen LogP contribution is -2.32. The summed E-state index contributed by atoms with van der Waals surface area (Å²) in [7, 11) is 3.49. The molecule has 100 valence electrons. The van der Waals surface area contributed by atoms with Crippen LogP contribution in [0.2, 0.25) is 5.02 Å². The summed E-state index contributed by atoms with van der Waals surface area (Å²) in [5.41, 5.74) is 6.74. The molecule has 1 rings (SSSR count). The highest BCUT2D eigenvalue weighted by Gasteiger charge is 2.07. The van der Waals surface area contributed by atoms with E-state index >= 15 is 0 Å². The molecule has 1 amide bonds. The Morgan fingerprint density at radius 2 is 2.28 bits per heavy atom. The zero-order valence-electron chi connectivity index (χ0n) is 10.6. The van der Waals surface area contributed by atoms with Crippen molar-refractivity contribution >= 4 is 28.9 Å². The lowest BCUT2D eigenvalue weighted by Gasteiger charge is -2.15. The summed E-state index contributed by atoms with van der Waals surface area (Å²) in [6.45, 7) is 1.59. The largest absolute Gasteiger partial charge is 0.397 e. The van der Waals surface area contributed by atoms with Crippen LogP contribution in [0.1, 0.15) is 0 Å². The number of halogens is 1. The summed E-state index contributed by atoms with van der Waals surface area (Å²) in [5, 5.41) is 3.23. The monoisotopic (exact) mass is 271 g/mol. The van der Waals surface area contributed by atoms with E-state index in [-0.39, 0.29) is 5.91 Å². The van der Waals surface area contributed by atoms with Gasteiger partial charge in [-0.05, 0) is 25.2 Å². The number of nitrogens with two attached hydrogens (primary N) is 1. The lowest BCUT2D eigenvalue weighted by atomic mass is 10.3. The Balaban J connectivity index is 2.46. The topological polar surface area (TPSA) is 67.6 Å². The van der Waals surface area contributed by atoms with Crippen molar-refractivity contribution in [1.29, 1.82) is 0 Å². The maximum absolute atomic E-state index is 11.7. The van der Waals surface area contributed by atoms with E-state index in [0.29, 0.717) is 36.1 Å². The molecule has 0 aliphatic rings. The predicted molar refractivity (Wildman–Crippen MR) is 73.9 cm³/mol. The smallest absolute Gasteiger partial charge is 0.238 e. The number of hydrogen-bond donors (Lipinski definition) is 2. The molecule has 0 bridgehead atoms. The first-order valence-corrected chi connectivity index (χ1v) is 5.93. The van der Waals surface area contributed by atoms with Crippen molar-refractivity contribution in [3.05, 3.63) is 23.2 Å². The second kappa shape index (κ2) is 7.20. The molecule has 0 atom stereocenters. The van der Waals surface area contributed by atoms with E-state index in [1.165, 1.54) is 0 Å². The third-order valence-electron chi connectivity index (χ3n) is 2.37. The normalized spacial score (nSPS) is 10.7. The van der Waals surface area contributed by atoms with Crippen LogP contribution in [0.5, 0.6) is 0 Å². The molecular weight excluding hydrogens is 254 g/mol. The van der Waals surface area contributed by atoms with Gasteiger partial charge in [0.2, 0.25) is 5.91 Å². The van der Waals surface area contributed by atoms with Gasteiger partial charge in [-0.2, -0.15) is 0 Å². The van der Waals surface area contributed by atoms with E-state index in [2.05, 4.69) is 5.32 Å². The Kier molecular flexibility index (Phi) is 5.91. The van der Waals surface area contributed by atoms with E-state index in [1.807, 2.05) is 11.9 Å². The van der Waals surface area contributed by atoms with Crippen LogP contribution in [0.15, 0.2) is 18.2 Å². The van der Waals surface area contributed by atoms with Gasteiger partial charge in [0, 0.05) is 19.3 Å². The number of methoxy groups -OCH3 is 1. The van der Waals surface area contributed by atoms with Gasteiger partial charge in [-0.15, -0.1) is 0 Å². The second-order valence-corrected chi connectivity index (χ2v) is 4.42. The molecule has 0 aliphatic carbocycles. The predicted octanol–water partition coefficient (Wildman–Crippen LogP) is 1.44. The van der Waals surface area contributed by atoms with Gasteiger partial charge in [0.05, 0.1) is 23.9 Å². The quantitative estimate of drug-likeness (QED) is 0.769. The first-order valence-electron chi connectivity index (χ1n) is 5.55. The number of nitrogens with zero attached hydrogens (tertiary/aromatic N) is 1. The summed E-state index contributed by atoms with van der Waals surface area (Å²) in [5.74, 6) is -0.102. The van der Waals surface area contributed by atoms with Crippen molar-refractivity contribution in [2.45, 2.75) is 0 Å². The number of hydrogen-bond acceptors (Lipinski definition) is 4. The fourth-order valence-electron chi connectivity index (χ4n) is 1.39. The van der Waals surface area contributed by atoms with Crippen molar-refractivity contribution in [3.63, 3.8) is 0 Å². The highest BCUT2D eigenvalue weighted by molar-refractivity contribution is 6.33. The Hall–Kier alpha value is -1.30. The van der Waals surface area contributed by atoms with E-state index < -0.39 is 0 Å². The first kappa shape index (κ1) is 14.8. The molecule has 0 spiro atoms. The van der Waals surface area contributed by atoms with Gasteiger partial charge in [-0.25, -0.2) is 0 Å². The molecule has 1 aromatic rings. The van der Waals surface area contributed by atoms with Gasteiger partial charge >= 0.3 is 0 Å². The van der Waals surface area contributed by atoms with Crippen molar-refractivity contribution in [3.8, 4) is 0 Å². The standard InChI is InChI=1S/C12H18ClN3O2/c1-16(5-6-18-2)8-12(17)15-9-3-4-10(13)11(14)7-9/h3-4,7H,5-6,8,14H2,1-2H3,(H,15,17). The van der Waals surface area contributed by atoms with Crippen molar-refractivity contribution in [1.82, 2.24) is 4.90 Å². The Morgan fingerprint density at radius 3 is 2.89 bits per heavy atom. The molecule has 0 unspecified atom stereocenters. The molecule has 0 heterocycles. The minimum atomic E-state index is -0.102. The summed E-state index contributed by atoms with van der Waals surface area (Å²) in [6.07, 6.45) is 0. The first-order chi connectivity index (χ1) is 8.52.